The zero-order valence-electron chi connectivity index (χ0n) is 9.94. The van der Waals surface area contributed by atoms with Crippen LogP contribution >= 0.6 is 0 Å². The third kappa shape index (κ3) is 2.46. The molecule has 3 N–H and O–H groups in total. The van der Waals surface area contributed by atoms with E-state index in [0.717, 1.165) is 30.8 Å². The molecule has 6 heteroatoms. The standard InChI is InChI=1S/C11H17N5O/c1-2-3-8-10(12)14-7-15-11(8)16-5-4-13-9(17)6-16/h7H,2-6H2,1H3,(H,13,17)(H2,12,14,15). The van der Waals surface area contributed by atoms with Crippen LogP contribution in [0, 0.1) is 0 Å². The summed E-state index contributed by atoms with van der Waals surface area (Å²) in [6, 6.07) is 0. The highest BCUT2D eigenvalue weighted by Gasteiger charge is 2.21. The molecule has 2 heterocycles. The molecule has 1 aromatic rings. The van der Waals surface area contributed by atoms with Crippen molar-refractivity contribution in [3.63, 3.8) is 0 Å². The smallest absolute Gasteiger partial charge is 0.239 e. The van der Waals surface area contributed by atoms with Crippen LogP contribution in [0.1, 0.15) is 18.9 Å². The Hall–Kier alpha value is -1.85. The average molecular weight is 235 g/mol. The molecule has 1 saturated heterocycles. The molecule has 1 aliphatic heterocycles. The zero-order chi connectivity index (χ0) is 12.3. The number of hydrogen-bond donors (Lipinski definition) is 2. The molecule has 1 fully saturated rings. The Morgan fingerprint density at radius 2 is 2.35 bits per heavy atom. The molecule has 0 aliphatic carbocycles. The number of aromatic nitrogens is 2. The molecule has 17 heavy (non-hydrogen) atoms. The summed E-state index contributed by atoms with van der Waals surface area (Å²) >= 11 is 0. The minimum absolute atomic E-state index is 0.0240. The van der Waals surface area contributed by atoms with Crippen molar-refractivity contribution in [1.29, 1.82) is 0 Å². The first-order chi connectivity index (χ1) is 8.22. The minimum Gasteiger partial charge on any atom is -0.383 e. The maximum absolute atomic E-state index is 11.4. The van der Waals surface area contributed by atoms with Crippen molar-refractivity contribution in [3.05, 3.63) is 11.9 Å². The molecule has 0 atom stereocenters. The van der Waals surface area contributed by atoms with E-state index >= 15 is 0 Å². The summed E-state index contributed by atoms with van der Waals surface area (Å²) in [7, 11) is 0. The Kier molecular flexibility index (Phi) is 3.41. The van der Waals surface area contributed by atoms with Gasteiger partial charge < -0.3 is 16.0 Å². The number of anilines is 2. The third-order valence-electron chi connectivity index (χ3n) is 2.79. The van der Waals surface area contributed by atoms with Crippen molar-refractivity contribution in [2.24, 2.45) is 0 Å². The van der Waals surface area contributed by atoms with Gasteiger partial charge in [0.05, 0.1) is 6.54 Å². The number of piperazine rings is 1. The predicted molar refractivity (Wildman–Crippen MR) is 65.7 cm³/mol. The van der Waals surface area contributed by atoms with Gasteiger partial charge in [-0.25, -0.2) is 9.97 Å². The van der Waals surface area contributed by atoms with E-state index in [1.165, 1.54) is 6.33 Å². The maximum atomic E-state index is 11.4. The lowest BCUT2D eigenvalue weighted by atomic mass is 10.1. The average Bonchev–Trinajstić information content (AvgIpc) is 2.32. The number of amides is 1. The SMILES string of the molecule is CCCc1c(N)ncnc1N1CCNC(=O)C1. The van der Waals surface area contributed by atoms with Crippen molar-refractivity contribution in [2.75, 3.05) is 30.3 Å². The van der Waals surface area contributed by atoms with E-state index in [-0.39, 0.29) is 5.91 Å². The van der Waals surface area contributed by atoms with Crippen LogP contribution in [0.5, 0.6) is 0 Å². The van der Waals surface area contributed by atoms with Gasteiger partial charge in [-0.15, -0.1) is 0 Å². The van der Waals surface area contributed by atoms with E-state index in [9.17, 15) is 4.79 Å². The molecular formula is C11H17N5O. The topological polar surface area (TPSA) is 84.1 Å². The van der Waals surface area contributed by atoms with Crippen LogP contribution in [-0.4, -0.2) is 35.5 Å². The van der Waals surface area contributed by atoms with Gasteiger partial charge >= 0.3 is 0 Å². The van der Waals surface area contributed by atoms with Gasteiger partial charge in [-0.2, -0.15) is 0 Å². The molecule has 92 valence electrons. The number of carbonyl (C=O) groups is 1. The number of rotatable bonds is 3. The summed E-state index contributed by atoms with van der Waals surface area (Å²) in [5.41, 5.74) is 6.82. The largest absolute Gasteiger partial charge is 0.383 e. The Morgan fingerprint density at radius 3 is 3.06 bits per heavy atom. The van der Waals surface area contributed by atoms with Crippen LogP contribution < -0.4 is 16.0 Å². The molecule has 1 aliphatic rings. The molecule has 0 aromatic carbocycles. The van der Waals surface area contributed by atoms with Crippen LogP contribution in [0.2, 0.25) is 0 Å². The molecule has 0 unspecified atom stereocenters. The second-order valence-electron chi connectivity index (χ2n) is 4.08. The third-order valence-corrected chi connectivity index (χ3v) is 2.79. The van der Waals surface area contributed by atoms with Crippen LogP contribution in [-0.2, 0) is 11.2 Å². The van der Waals surface area contributed by atoms with E-state index in [1.807, 2.05) is 4.90 Å². The van der Waals surface area contributed by atoms with Gasteiger partial charge in [-0.05, 0) is 6.42 Å². The Labute approximate surface area is 100 Å². The lowest BCUT2D eigenvalue weighted by Gasteiger charge is -2.29. The van der Waals surface area contributed by atoms with Crippen molar-refractivity contribution in [1.82, 2.24) is 15.3 Å². The van der Waals surface area contributed by atoms with Gasteiger partial charge in [0.1, 0.15) is 18.0 Å². The molecule has 0 spiro atoms. The Morgan fingerprint density at radius 1 is 1.53 bits per heavy atom. The summed E-state index contributed by atoms with van der Waals surface area (Å²) in [5.74, 6) is 1.34. The fourth-order valence-corrected chi connectivity index (χ4v) is 2.00. The number of carbonyl (C=O) groups excluding carboxylic acids is 1. The van der Waals surface area contributed by atoms with E-state index in [1.54, 1.807) is 0 Å². The van der Waals surface area contributed by atoms with Crippen LogP contribution in [0.25, 0.3) is 0 Å². The summed E-state index contributed by atoms with van der Waals surface area (Å²) < 4.78 is 0. The van der Waals surface area contributed by atoms with E-state index in [2.05, 4.69) is 22.2 Å². The lowest BCUT2D eigenvalue weighted by molar-refractivity contribution is -0.120. The van der Waals surface area contributed by atoms with Crippen LogP contribution in [0.15, 0.2) is 6.33 Å². The van der Waals surface area contributed by atoms with Gasteiger partial charge in [-0.1, -0.05) is 13.3 Å². The van der Waals surface area contributed by atoms with E-state index in [0.29, 0.717) is 18.9 Å². The minimum atomic E-state index is 0.0240. The van der Waals surface area contributed by atoms with E-state index < -0.39 is 0 Å². The zero-order valence-corrected chi connectivity index (χ0v) is 9.94. The lowest BCUT2D eigenvalue weighted by Crippen LogP contribution is -2.48. The molecule has 1 aromatic heterocycles. The molecule has 0 radical (unpaired) electrons. The highest BCUT2D eigenvalue weighted by atomic mass is 16.2. The number of hydrogen-bond acceptors (Lipinski definition) is 5. The first-order valence-corrected chi connectivity index (χ1v) is 5.83. The van der Waals surface area contributed by atoms with Gasteiger partial charge in [0.15, 0.2) is 0 Å². The number of nitrogens with two attached hydrogens (primary N) is 1. The number of nitrogens with zero attached hydrogens (tertiary/aromatic N) is 3. The van der Waals surface area contributed by atoms with Crippen molar-refractivity contribution >= 4 is 17.5 Å². The summed E-state index contributed by atoms with van der Waals surface area (Å²) in [5, 5.41) is 2.79. The van der Waals surface area contributed by atoms with Crippen molar-refractivity contribution < 1.29 is 4.79 Å². The predicted octanol–water partition coefficient (Wildman–Crippen LogP) is -0.0525. The highest BCUT2D eigenvalue weighted by molar-refractivity contribution is 5.82. The molecule has 1 amide bonds. The normalized spacial score (nSPS) is 15.8. The quantitative estimate of drug-likeness (QED) is 0.767. The fraction of sp³-hybridized carbons (Fsp3) is 0.545. The first-order valence-electron chi connectivity index (χ1n) is 5.83. The van der Waals surface area contributed by atoms with Gasteiger partial charge in [0, 0.05) is 18.7 Å². The van der Waals surface area contributed by atoms with Crippen molar-refractivity contribution in [2.45, 2.75) is 19.8 Å². The van der Waals surface area contributed by atoms with Crippen molar-refractivity contribution in [3.8, 4) is 0 Å². The Balaban J connectivity index is 2.30. The molecular weight excluding hydrogens is 218 g/mol. The summed E-state index contributed by atoms with van der Waals surface area (Å²) in [6.45, 7) is 3.83. The second kappa shape index (κ2) is 4.99. The number of nitrogen functional groups attached to an aromatic ring is 1. The summed E-state index contributed by atoms with van der Waals surface area (Å²) in [6.07, 6.45) is 3.26. The van der Waals surface area contributed by atoms with Gasteiger partial charge in [0.25, 0.3) is 0 Å². The molecule has 0 bridgehead atoms. The van der Waals surface area contributed by atoms with Gasteiger partial charge in [-0.3, -0.25) is 4.79 Å². The Bertz CT molecular complexity index is 420. The van der Waals surface area contributed by atoms with E-state index in [4.69, 9.17) is 5.73 Å². The summed E-state index contributed by atoms with van der Waals surface area (Å²) in [4.78, 5) is 21.6. The van der Waals surface area contributed by atoms with Crippen LogP contribution in [0.3, 0.4) is 0 Å². The molecule has 6 nitrogen and oxygen atoms in total. The molecule has 2 rings (SSSR count). The van der Waals surface area contributed by atoms with Crippen LogP contribution in [0.4, 0.5) is 11.6 Å². The van der Waals surface area contributed by atoms with Gasteiger partial charge in [0.2, 0.25) is 5.91 Å². The maximum Gasteiger partial charge on any atom is 0.239 e. The monoisotopic (exact) mass is 235 g/mol. The highest BCUT2D eigenvalue weighted by Crippen LogP contribution is 2.23. The molecule has 0 saturated carbocycles. The fourth-order valence-electron chi connectivity index (χ4n) is 2.00. The second-order valence-corrected chi connectivity index (χ2v) is 4.08. The first kappa shape index (κ1) is 11.6. The number of nitrogens with one attached hydrogen (secondary N) is 1.